The van der Waals surface area contributed by atoms with Crippen LogP contribution in [0, 0.1) is 5.82 Å². The second kappa shape index (κ2) is 6.35. The van der Waals surface area contributed by atoms with Gasteiger partial charge in [-0.1, -0.05) is 12.1 Å². The van der Waals surface area contributed by atoms with Crippen molar-refractivity contribution in [2.24, 2.45) is 0 Å². The van der Waals surface area contributed by atoms with Gasteiger partial charge in [-0.25, -0.2) is 4.39 Å². The topological polar surface area (TPSA) is 18.5 Å². The number of nitrogens with one attached hydrogen (secondary N) is 1. The molecule has 0 spiro atoms. The minimum Gasteiger partial charge on any atom is -0.371 e. The summed E-state index contributed by atoms with van der Waals surface area (Å²) in [4.78, 5) is 4.12. The van der Waals surface area contributed by atoms with Crippen molar-refractivity contribution in [2.45, 2.75) is 25.4 Å². The number of para-hydroxylation sites is 1. The number of halogens is 1. The zero-order chi connectivity index (χ0) is 13.8. The Balaban J connectivity index is 2.06. The monoisotopic (exact) mass is 265 g/mol. The van der Waals surface area contributed by atoms with Crippen LogP contribution in [-0.2, 0) is 6.54 Å². The highest BCUT2D eigenvalue weighted by Gasteiger charge is 2.21. The van der Waals surface area contributed by atoms with Gasteiger partial charge in [0.1, 0.15) is 5.82 Å². The van der Waals surface area contributed by atoms with Crippen molar-refractivity contribution in [2.75, 3.05) is 39.1 Å². The smallest absolute Gasteiger partial charge is 0.146 e. The third-order valence-corrected chi connectivity index (χ3v) is 3.49. The van der Waals surface area contributed by atoms with Gasteiger partial charge in [0.2, 0.25) is 0 Å². The fraction of sp³-hybridized carbons (Fsp3) is 0.600. The van der Waals surface area contributed by atoms with Crippen LogP contribution in [0.25, 0.3) is 0 Å². The molecule has 1 N–H and O–H groups in total. The van der Waals surface area contributed by atoms with Crippen LogP contribution in [0.15, 0.2) is 18.2 Å². The van der Waals surface area contributed by atoms with Crippen LogP contribution in [0.1, 0.15) is 18.4 Å². The van der Waals surface area contributed by atoms with Gasteiger partial charge in [0, 0.05) is 32.7 Å². The highest BCUT2D eigenvalue weighted by atomic mass is 19.1. The molecule has 1 aliphatic carbocycles. The lowest BCUT2D eigenvalue weighted by atomic mass is 10.1. The molecule has 1 saturated carbocycles. The number of hydrogen-bond acceptors (Lipinski definition) is 3. The van der Waals surface area contributed by atoms with Gasteiger partial charge in [-0.2, -0.15) is 0 Å². The van der Waals surface area contributed by atoms with Crippen LogP contribution >= 0.6 is 0 Å². The van der Waals surface area contributed by atoms with Crippen LogP contribution < -0.4 is 10.2 Å². The standard InChI is InChI=1S/C15H24FN3/c1-18(2)9-10-19(3)15-12(5-4-6-14(15)16)11-17-13-7-8-13/h4-6,13,17H,7-11H2,1-3H3. The largest absolute Gasteiger partial charge is 0.371 e. The summed E-state index contributed by atoms with van der Waals surface area (Å²) in [6.45, 7) is 2.49. The van der Waals surface area contributed by atoms with E-state index >= 15 is 0 Å². The number of anilines is 1. The zero-order valence-corrected chi connectivity index (χ0v) is 12.1. The van der Waals surface area contributed by atoms with Gasteiger partial charge in [0.15, 0.2) is 0 Å². The van der Waals surface area contributed by atoms with E-state index in [0.29, 0.717) is 6.04 Å². The summed E-state index contributed by atoms with van der Waals surface area (Å²) in [5, 5.41) is 3.46. The van der Waals surface area contributed by atoms with Gasteiger partial charge >= 0.3 is 0 Å². The summed E-state index contributed by atoms with van der Waals surface area (Å²) in [6, 6.07) is 5.99. The van der Waals surface area contributed by atoms with Crippen molar-refractivity contribution in [3.63, 3.8) is 0 Å². The Morgan fingerprint density at radius 2 is 1.95 bits per heavy atom. The van der Waals surface area contributed by atoms with E-state index in [-0.39, 0.29) is 5.82 Å². The minimum atomic E-state index is -0.128. The van der Waals surface area contributed by atoms with Crippen molar-refractivity contribution < 1.29 is 4.39 Å². The second-order valence-corrected chi connectivity index (χ2v) is 5.63. The normalized spacial score (nSPS) is 15.0. The number of hydrogen-bond donors (Lipinski definition) is 1. The average Bonchev–Trinajstić information content (AvgIpc) is 3.17. The summed E-state index contributed by atoms with van der Waals surface area (Å²) in [7, 11) is 6.03. The van der Waals surface area contributed by atoms with E-state index in [1.807, 2.05) is 32.1 Å². The molecule has 106 valence electrons. The van der Waals surface area contributed by atoms with Crippen molar-refractivity contribution >= 4 is 5.69 Å². The minimum absolute atomic E-state index is 0.128. The molecule has 3 nitrogen and oxygen atoms in total. The molecule has 0 aromatic heterocycles. The van der Waals surface area contributed by atoms with Crippen molar-refractivity contribution in [1.82, 2.24) is 10.2 Å². The first-order valence-corrected chi connectivity index (χ1v) is 6.94. The predicted molar refractivity (Wildman–Crippen MR) is 78.1 cm³/mol. The molecule has 19 heavy (non-hydrogen) atoms. The lowest BCUT2D eigenvalue weighted by Crippen LogP contribution is -2.30. The maximum atomic E-state index is 14.1. The first-order chi connectivity index (χ1) is 9.08. The van der Waals surface area contributed by atoms with Gasteiger partial charge < -0.3 is 15.1 Å². The predicted octanol–water partition coefficient (Wildman–Crippen LogP) is 2.08. The van der Waals surface area contributed by atoms with Crippen LogP contribution in [0.2, 0.25) is 0 Å². The van der Waals surface area contributed by atoms with Crippen molar-refractivity contribution in [1.29, 1.82) is 0 Å². The molecule has 0 atom stereocenters. The van der Waals surface area contributed by atoms with E-state index in [9.17, 15) is 4.39 Å². The van der Waals surface area contributed by atoms with Gasteiger partial charge in [0.25, 0.3) is 0 Å². The van der Waals surface area contributed by atoms with E-state index in [2.05, 4.69) is 10.2 Å². The van der Waals surface area contributed by atoms with Crippen molar-refractivity contribution in [3.8, 4) is 0 Å². The number of rotatable bonds is 7. The summed E-state index contributed by atoms with van der Waals surface area (Å²) >= 11 is 0. The number of nitrogens with zero attached hydrogens (tertiary/aromatic N) is 2. The Bertz CT molecular complexity index is 416. The molecule has 0 heterocycles. The summed E-state index contributed by atoms with van der Waals surface area (Å²) < 4.78 is 14.1. The first kappa shape index (κ1) is 14.3. The molecular weight excluding hydrogens is 241 g/mol. The highest BCUT2D eigenvalue weighted by molar-refractivity contribution is 5.54. The first-order valence-electron chi connectivity index (χ1n) is 6.94. The van der Waals surface area contributed by atoms with E-state index in [4.69, 9.17) is 0 Å². The molecule has 0 bridgehead atoms. The molecule has 0 radical (unpaired) electrons. The van der Waals surface area contributed by atoms with E-state index in [1.165, 1.54) is 12.8 Å². The zero-order valence-electron chi connectivity index (χ0n) is 12.1. The average molecular weight is 265 g/mol. The van der Waals surface area contributed by atoms with Crippen LogP contribution in [0.4, 0.5) is 10.1 Å². The molecule has 0 aliphatic heterocycles. The maximum Gasteiger partial charge on any atom is 0.146 e. The van der Waals surface area contributed by atoms with Crippen LogP contribution in [-0.4, -0.2) is 45.2 Å². The molecule has 2 rings (SSSR count). The quantitative estimate of drug-likeness (QED) is 0.814. The SMILES string of the molecule is CN(C)CCN(C)c1c(F)cccc1CNC1CC1. The lowest BCUT2D eigenvalue weighted by molar-refractivity contribution is 0.415. The van der Waals surface area contributed by atoms with Crippen LogP contribution in [0.3, 0.4) is 0 Å². The molecule has 4 heteroatoms. The Hall–Kier alpha value is -1.13. The Morgan fingerprint density at radius 3 is 2.58 bits per heavy atom. The molecule has 1 aliphatic rings. The molecule has 0 unspecified atom stereocenters. The molecule has 1 aromatic rings. The van der Waals surface area contributed by atoms with E-state index < -0.39 is 0 Å². The van der Waals surface area contributed by atoms with Crippen LogP contribution in [0.5, 0.6) is 0 Å². The molecule has 0 saturated heterocycles. The Morgan fingerprint density at radius 1 is 1.21 bits per heavy atom. The number of benzene rings is 1. The molecule has 1 fully saturated rings. The van der Waals surface area contributed by atoms with Gasteiger partial charge in [0.05, 0.1) is 5.69 Å². The summed E-state index contributed by atoms with van der Waals surface area (Å²) in [5.74, 6) is -0.128. The number of likely N-dealkylation sites (N-methyl/N-ethyl adjacent to an activating group) is 2. The lowest BCUT2D eigenvalue weighted by Gasteiger charge is -2.24. The summed E-state index contributed by atoms with van der Waals surface area (Å²) in [5.41, 5.74) is 1.78. The second-order valence-electron chi connectivity index (χ2n) is 5.63. The van der Waals surface area contributed by atoms with Crippen molar-refractivity contribution in [3.05, 3.63) is 29.6 Å². The Kier molecular flexibility index (Phi) is 4.77. The van der Waals surface area contributed by atoms with E-state index in [0.717, 1.165) is 30.9 Å². The maximum absolute atomic E-state index is 14.1. The fourth-order valence-electron chi connectivity index (χ4n) is 2.13. The third-order valence-electron chi connectivity index (χ3n) is 3.49. The van der Waals surface area contributed by atoms with Gasteiger partial charge in [-0.3, -0.25) is 0 Å². The molecule has 1 aromatic carbocycles. The van der Waals surface area contributed by atoms with Gasteiger partial charge in [-0.05, 0) is 38.6 Å². The highest BCUT2D eigenvalue weighted by Crippen LogP contribution is 2.25. The third kappa shape index (κ3) is 4.18. The van der Waals surface area contributed by atoms with Gasteiger partial charge in [-0.15, -0.1) is 0 Å². The summed E-state index contributed by atoms with van der Waals surface area (Å²) in [6.07, 6.45) is 2.50. The fourth-order valence-corrected chi connectivity index (χ4v) is 2.13. The molecule has 0 amide bonds. The Labute approximate surface area is 115 Å². The van der Waals surface area contributed by atoms with E-state index in [1.54, 1.807) is 12.1 Å². The molecular formula is C15H24FN3.